The molecule has 2 aromatic rings. The topological polar surface area (TPSA) is 75.9 Å². The van der Waals surface area contributed by atoms with Crippen molar-refractivity contribution >= 4 is 11.6 Å². The van der Waals surface area contributed by atoms with Crippen LogP contribution in [0.1, 0.15) is 69.0 Å². The van der Waals surface area contributed by atoms with Crippen LogP contribution in [0.2, 0.25) is 0 Å². The highest BCUT2D eigenvalue weighted by Crippen LogP contribution is 2.35. The molecule has 1 aliphatic carbocycles. The summed E-state index contributed by atoms with van der Waals surface area (Å²) in [6, 6.07) is 8.90. The zero-order valence-electron chi connectivity index (χ0n) is 14.7. The van der Waals surface area contributed by atoms with E-state index < -0.39 is 0 Å². The predicted octanol–water partition coefficient (Wildman–Crippen LogP) is 2.55. The summed E-state index contributed by atoms with van der Waals surface area (Å²) in [5.74, 6) is 1.11. The van der Waals surface area contributed by atoms with Crippen LogP contribution in [0, 0.1) is 0 Å². The highest BCUT2D eigenvalue weighted by molar-refractivity contribution is 5.95. The number of anilines is 1. The molecule has 1 aromatic carbocycles. The van der Waals surface area contributed by atoms with Crippen LogP contribution in [0.5, 0.6) is 0 Å². The molecule has 2 fully saturated rings. The molecule has 4 rings (SSSR count). The third kappa shape index (κ3) is 3.28. The molecular weight excluding hydrogens is 316 g/mol. The SMILES string of the molecule is C[C@H](N[C@H](C)c1cccc(N2CCCC2=O)c1)c1nnnn1C1CC1. The largest absolute Gasteiger partial charge is 0.312 e. The molecule has 7 nitrogen and oxygen atoms in total. The zero-order chi connectivity index (χ0) is 17.4. The van der Waals surface area contributed by atoms with E-state index in [1.165, 1.54) is 0 Å². The summed E-state index contributed by atoms with van der Waals surface area (Å²) in [5, 5.41) is 15.7. The second-order valence-corrected chi connectivity index (χ2v) is 7.07. The van der Waals surface area contributed by atoms with E-state index in [4.69, 9.17) is 0 Å². The van der Waals surface area contributed by atoms with Crippen molar-refractivity contribution in [1.29, 1.82) is 0 Å². The van der Waals surface area contributed by atoms with Gasteiger partial charge in [-0.05, 0) is 61.2 Å². The Labute approximate surface area is 147 Å². The number of amides is 1. The number of rotatable bonds is 6. The molecule has 1 N–H and O–H groups in total. The van der Waals surface area contributed by atoms with Crippen molar-refractivity contribution in [3.8, 4) is 0 Å². The number of nitrogens with one attached hydrogen (secondary N) is 1. The Morgan fingerprint density at radius 2 is 2.08 bits per heavy atom. The van der Waals surface area contributed by atoms with Crippen LogP contribution in [0.3, 0.4) is 0 Å². The quantitative estimate of drug-likeness (QED) is 0.874. The van der Waals surface area contributed by atoms with Gasteiger partial charge in [0.05, 0.1) is 12.1 Å². The third-order valence-corrected chi connectivity index (χ3v) is 5.05. The molecule has 1 aromatic heterocycles. The minimum Gasteiger partial charge on any atom is -0.312 e. The lowest BCUT2D eigenvalue weighted by atomic mass is 10.1. The fourth-order valence-electron chi connectivity index (χ4n) is 3.49. The fraction of sp³-hybridized carbons (Fsp3) is 0.556. The molecule has 1 aliphatic heterocycles. The minimum atomic E-state index is 0.0580. The van der Waals surface area contributed by atoms with Gasteiger partial charge in [0.15, 0.2) is 5.82 Å². The first-order chi connectivity index (χ1) is 12.1. The van der Waals surface area contributed by atoms with E-state index in [9.17, 15) is 4.79 Å². The molecule has 1 saturated carbocycles. The van der Waals surface area contributed by atoms with Crippen molar-refractivity contribution in [1.82, 2.24) is 25.5 Å². The molecule has 25 heavy (non-hydrogen) atoms. The Balaban J connectivity index is 1.48. The van der Waals surface area contributed by atoms with E-state index in [0.717, 1.165) is 42.9 Å². The number of carbonyl (C=O) groups is 1. The van der Waals surface area contributed by atoms with Crippen molar-refractivity contribution in [2.45, 2.75) is 57.7 Å². The van der Waals surface area contributed by atoms with Crippen LogP contribution in [0.25, 0.3) is 0 Å². The molecule has 2 atom stereocenters. The second kappa shape index (κ2) is 6.55. The van der Waals surface area contributed by atoms with Gasteiger partial charge in [-0.25, -0.2) is 4.68 Å². The predicted molar refractivity (Wildman–Crippen MR) is 94.1 cm³/mol. The van der Waals surface area contributed by atoms with Gasteiger partial charge in [-0.2, -0.15) is 0 Å². The Bertz CT molecular complexity index is 768. The number of benzene rings is 1. The summed E-state index contributed by atoms with van der Waals surface area (Å²) >= 11 is 0. The summed E-state index contributed by atoms with van der Waals surface area (Å²) in [6.07, 6.45) is 3.91. The average molecular weight is 340 g/mol. The van der Waals surface area contributed by atoms with Crippen LogP contribution in [-0.2, 0) is 4.79 Å². The van der Waals surface area contributed by atoms with E-state index in [-0.39, 0.29) is 18.0 Å². The van der Waals surface area contributed by atoms with Crippen LogP contribution >= 0.6 is 0 Å². The zero-order valence-corrected chi connectivity index (χ0v) is 14.7. The summed E-state index contributed by atoms with van der Waals surface area (Å²) in [7, 11) is 0. The van der Waals surface area contributed by atoms with E-state index in [2.05, 4.69) is 46.8 Å². The molecule has 1 saturated heterocycles. The van der Waals surface area contributed by atoms with Crippen molar-refractivity contribution in [3.05, 3.63) is 35.7 Å². The maximum Gasteiger partial charge on any atom is 0.227 e. The maximum absolute atomic E-state index is 12.0. The molecule has 0 radical (unpaired) electrons. The summed E-state index contributed by atoms with van der Waals surface area (Å²) in [4.78, 5) is 13.9. The van der Waals surface area contributed by atoms with Crippen molar-refractivity contribution in [2.24, 2.45) is 0 Å². The molecule has 2 aliphatic rings. The molecule has 132 valence electrons. The van der Waals surface area contributed by atoms with Gasteiger partial charge in [-0.15, -0.1) is 5.10 Å². The van der Waals surface area contributed by atoms with Gasteiger partial charge in [0.1, 0.15) is 0 Å². The lowest BCUT2D eigenvalue weighted by Crippen LogP contribution is -2.26. The first kappa shape index (κ1) is 16.2. The van der Waals surface area contributed by atoms with Crippen molar-refractivity contribution < 1.29 is 4.79 Å². The number of aromatic nitrogens is 4. The van der Waals surface area contributed by atoms with Gasteiger partial charge in [0, 0.05) is 24.7 Å². The van der Waals surface area contributed by atoms with Gasteiger partial charge in [0.2, 0.25) is 5.91 Å². The molecule has 0 spiro atoms. The van der Waals surface area contributed by atoms with Gasteiger partial charge in [-0.1, -0.05) is 12.1 Å². The molecule has 2 heterocycles. The van der Waals surface area contributed by atoms with Gasteiger partial charge < -0.3 is 10.2 Å². The Hall–Kier alpha value is -2.28. The van der Waals surface area contributed by atoms with E-state index >= 15 is 0 Å². The average Bonchev–Trinajstić information content (AvgIpc) is 3.17. The highest BCUT2D eigenvalue weighted by Gasteiger charge is 2.30. The lowest BCUT2D eigenvalue weighted by Gasteiger charge is -2.22. The van der Waals surface area contributed by atoms with E-state index in [1.807, 2.05) is 21.7 Å². The monoisotopic (exact) mass is 340 g/mol. The first-order valence-corrected chi connectivity index (χ1v) is 9.07. The van der Waals surface area contributed by atoms with Crippen LogP contribution < -0.4 is 10.2 Å². The smallest absolute Gasteiger partial charge is 0.227 e. The van der Waals surface area contributed by atoms with E-state index in [0.29, 0.717) is 12.5 Å². The Morgan fingerprint density at radius 3 is 2.80 bits per heavy atom. The first-order valence-electron chi connectivity index (χ1n) is 9.07. The standard InChI is InChI=1S/C18H24N6O/c1-12(19-13(2)18-20-21-22-24(18)15-8-9-15)14-5-3-6-16(11-14)23-10-4-7-17(23)25/h3,5-6,11-13,15,19H,4,7-10H2,1-2H3/t12-,13+/m1/s1. The number of tetrazole rings is 1. The van der Waals surface area contributed by atoms with Crippen LogP contribution in [0.15, 0.2) is 24.3 Å². The fourth-order valence-corrected chi connectivity index (χ4v) is 3.49. The summed E-state index contributed by atoms with van der Waals surface area (Å²) in [6.45, 7) is 5.04. The molecule has 7 heteroatoms. The second-order valence-electron chi connectivity index (χ2n) is 7.07. The normalized spacial score (nSPS) is 20.1. The van der Waals surface area contributed by atoms with Gasteiger partial charge >= 0.3 is 0 Å². The number of hydrogen-bond donors (Lipinski definition) is 1. The lowest BCUT2D eigenvalue weighted by molar-refractivity contribution is -0.117. The highest BCUT2D eigenvalue weighted by atomic mass is 16.2. The maximum atomic E-state index is 12.0. The van der Waals surface area contributed by atoms with Crippen LogP contribution in [-0.4, -0.2) is 32.7 Å². The van der Waals surface area contributed by atoms with Crippen LogP contribution in [0.4, 0.5) is 5.69 Å². The number of carbonyl (C=O) groups excluding carboxylic acids is 1. The summed E-state index contributed by atoms with van der Waals surface area (Å²) in [5.41, 5.74) is 2.15. The summed E-state index contributed by atoms with van der Waals surface area (Å²) < 4.78 is 1.95. The molecule has 0 bridgehead atoms. The van der Waals surface area contributed by atoms with E-state index in [1.54, 1.807) is 0 Å². The number of hydrogen-bond acceptors (Lipinski definition) is 5. The number of nitrogens with zero attached hydrogens (tertiary/aromatic N) is 5. The van der Waals surface area contributed by atoms with Gasteiger partial charge in [0.25, 0.3) is 0 Å². The van der Waals surface area contributed by atoms with Crippen molar-refractivity contribution in [3.63, 3.8) is 0 Å². The van der Waals surface area contributed by atoms with Gasteiger partial charge in [-0.3, -0.25) is 4.79 Å². The van der Waals surface area contributed by atoms with Crippen molar-refractivity contribution in [2.75, 3.05) is 11.4 Å². The minimum absolute atomic E-state index is 0.0580. The molecule has 1 amide bonds. The molecular formula is C18H24N6O. The Morgan fingerprint density at radius 1 is 1.24 bits per heavy atom. The molecule has 0 unspecified atom stereocenters. The third-order valence-electron chi connectivity index (χ3n) is 5.05. The Kier molecular flexibility index (Phi) is 4.25.